The van der Waals surface area contributed by atoms with Crippen molar-refractivity contribution in [3.8, 4) is 0 Å². The van der Waals surface area contributed by atoms with Crippen LogP contribution in [0.2, 0.25) is 5.02 Å². The molecule has 2 saturated heterocycles. The number of fused-ring (bicyclic) bond motifs is 3. The highest BCUT2D eigenvalue weighted by Crippen LogP contribution is 2.41. The van der Waals surface area contributed by atoms with Crippen molar-refractivity contribution >= 4 is 23.6 Å². The quantitative estimate of drug-likeness (QED) is 0.402. The van der Waals surface area contributed by atoms with Gasteiger partial charge in [0.15, 0.2) is 5.69 Å². The predicted octanol–water partition coefficient (Wildman–Crippen LogP) is 6.20. The molecule has 2 atom stereocenters. The van der Waals surface area contributed by atoms with Crippen LogP contribution >= 0.6 is 11.6 Å². The van der Waals surface area contributed by atoms with E-state index in [1.54, 1.807) is 4.90 Å². The summed E-state index contributed by atoms with van der Waals surface area (Å²) in [6.07, 6.45) is -1.61. The average Bonchev–Trinajstić information content (AvgIpc) is 3.34. The van der Waals surface area contributed by atoms with Crippen LogP contribution < -0.4 is 0 Å². The van der Waals surface area contributed by atoms with Crippen molar-refractivity contribution in [3.63, 3.8) is 0 Å². The standard InChI is InChI=1S/C28H33ClF4N4O3/c1-27(2,3)40-26(39)37-19-6-7-20(37)11-16(10-19)12-24(38)35-9-8-21-23(15-35)36(34-25(21)28(31,32)33)14-17-4-5-18(29)13-22(17)30/h4-5,13,16,19-20H,6-12,14-15H2,1-3H3. The van der Waals surface area contributed by atoms with Crippen molar-refractivity contribution < 1.29 is 31.9 Å². The summed E-state index contributed by atoms with van der Waals surface area (Å²) in [6.45, 7) is 5.40. The van der Waals surface area contributed by atoms with Crippen molar-refractivity contribution in [2.24, 2.45) is 5.92 Å². The number of hydrogen-bond donors (Lipinski definition) is 0. The van der Waals surface area contributed by atoms with Gasteiger partial charge in [-0.25, -0.2) is 9.18 Å². The molecule has 2 fully saturated rings. The Kier molecular flexibility index (Phi) is 7.56. The second-order valence-corrected chi connectivity index (χ2v) is 12.5. The molecule has 0 radical (unpaired) electrons. The highest BCUT2D eigenvalue weighted by molar-refractivity contribution is 6.30. The molecule has 5 rings (SSSR count). The van der Waals surface area contributed by atoms with Gasteiger partial charge < -0.3 is 14.5 Å². The van der Waals surface area contributed by atoms with E-state index in [0.29, 0.717) is 12.8 Å². The lowest BCUT2D eigenvalue weighted by atomic mass is 9.87. The highest BCUT2D eigenvalue weighted by atomic mass is 35.5. The monoisotopic (exact) mass is 584 g/mol. The molecule has 0 aliphatic carbocycles. The number of hydrogen-bond acceptors (Lipinski definition) is 4. The van der Waals surface area contributed by atoms with Crippen LogP contribution in [0.25, 0.3) is 0 Å². The lowest BCUT2D eigenvalue weighted by molar-refractivity contribution is -0.142. The molecule has 0 N–H and O–H groups in total. The number of benzene rings is 1. The summed E-state index contributed by atoms with van der Waals surface area (Å²) in [5, 5.41) is 4.00. The Morgan fingerprint density at radius 1 is 1.12 bits per heavy atom. The van der Waals surface area contributed by atoms with Crippen LogP contribution in [0, 0.1) is 11.7 Å². The van der Waals surface area contributed by atoms with E-state index in [2.05, 4.69) is 5.10 Å². The fraction of sp³-hybridized carbons (Fsp3) is 0.607. The van der Waals surface area contributed by atoms with Crippen LogP contribution in [-0.4, -0.2) is 55.8 Å². The summed E-state index contributed by atoms with van der Waals surface area (Å²) in [5.74, 6) is -0.704. The maximum absolute atomic E-state index is 14.5. The molecule has 2 aromatic rings. The molecule has 2 bridgehead atoms. The Morgan fingerprint density at radius 2 is 1.80 bits per heavy atom. The topological polar surface area (TPSA) is 67.7 Å². The van der Waals surface area contributed by atoms with Crippen LogP contribution in [0.4, 0.5) is 22.4 Å². The zero-order chi connectivity index (χ0) is 29.0. The number of alkyl halides is 3. The van der Waals surface area contributed by atoms with Crippen LogP contribution in [-0.2, 0) is 35.2 Å². The largest absolute Gasteiger partial charge is 0.444 e. The first-order valence-corrected chi connectivity index (χ1v) is 14.0. The van der Waals surface area contributed by atoms with Gasteiger partial charge in [0.25, 0.3) is 0 Å². The predicted molar refractivity (Wildman–Crippen MR) is 139 cm³/mol. The number of rotatable bonds is 4. The van der Waals surface area contributed by atoms with Gasteiger partial charge in [-0.15, -0.1) is 0 Å². The number of aromatic nitrogens is 2. The van der Waals surface area contributed by atoms with Gasteiger partial charge in [-0.1, -0.05) is 17.7 Å². The van der Waals surface area contributed by atoms with Crippen LogP contribution in [0.3, 0.4) is 0 Å². The molecule has 0 spiro atoms. The van der Waals surface area contributed by atoms with Crippen molar-refractivity contribution in [2.45, 2.75) is 96.2 Å². The number of carbonyl (C=O) groups is 2. The second kappa shape index (κ2) is 10.5. The van der Waals surface area contributed by atoms with E-state index < -0.39 is 23.3 Å². The van der Waals surface area contributed by atoms with Gasteiger partial charge in [0, 0.05) is 41.2 Å². The molecule has 7 nitrogen and oxygen atoms in total. The van der Waals surface area contributed by atoms with Crippen molar-refractivity contribution in [2.75, 3.05) is 6.54 Å². The summed E-state index contributed by atoms with van der Waals surface area (Å²) in [5.41, 5.74) is -1.11. The first-order valence-electron chi connectivity index (χ1n) is 13.6. The molecule has 218 valence electrons. The van der Waals surface area contributed by atoms with E-state index in [9.17, 15) is 27.2 Å². The Hall–Kier alpha value is -2.82. The summed E-state index contributed by atoms with van der Waals surface area (Å²) in [7, 11) is 0. The van der Waals surface area contributed by atoms with Crippen LogP contribution in [0.15, 0.2) is 18.2 Å². The van der Waals surface area contributed by atoms with E-state index in [1.165, 1.54) is 12.1 Å². The number of ether oxygens (including phenoxy) is 1. The van der Waals surface area contributed by atoms with Gasteiger partial charge in [0.05, 0.1) is 18.8 Å². The van der Waals surface area contributed by atoms with Crippen LogP contribution in [0.1, 0.15) is 75.4 Å². The molecule has 40 heavy (non-hydrogen) atoms. The van der Waals surface area contributed by atoms with Gasteiger partial charge in [0.1, 0.15) is 11.4 Å². The summed E-state index contributed by atoms with van der Waals surface area (Å²) >= 11 is 5.82. The molecule has 3 aliphatic heterocycles. The van der Waals surface area contributed by atoms with Gasteiger partial charge in [-0.05, 0) is 70.9 Å². The van der Waals surface area contributed by atoms with Gasteiger partial charge in [-0.3, -0.25) is 9.48 Å². The minimum absolute atomic E-state index is 0.0152. The fourth-order valence-electron chi connectivity index (χ4n) is 6.31. The van der Waals surface area contributed by atoms with Crippen molar-refractivity contribution in [1.29, 1.82) is 0 Å². The second-order valence-electron chi connectivity index (χ2n) is 12.0. The zero-order valence-electron chi connectivity index (χ0n) is 22.7. The Labute approximate surface area is 235 Å². The molecule has 3 aliphatic rings. The SMILES string of the molecule is CC(C)(C)OC(=O)N1C2CCC1CC(CC(=O)N1CCc3c(C(F)(F)F)nn(Cc4ccc(Cl)cc4F)c3C1)C2. The first kappa shape index (κ1) is 28.7. The number of amides is 2. The minimum Gasteiger partial charge on any atom is -0.444 e. The van der Waals surface area contributed by atoms with Gasteiger partial charge >= 0.3 is 12.3 Å². The van der Waals surface area contributed by atoms with Crippen LogP contribution in [0.5, 0.6) is 0 Å². The smallest absolute Gasteiger partial charge is 0.435 e. The molecule has 1 aromatic carbocycles. The summed E-state index contributed by atoms with van der Waals surface area (Å²) in [4.78, 5) is 29.5. The Bertz CT molecular complexity index is 1290. The van der Waals surface area contributed by atoms with Crippen molar-refractivity contribution in [3.05, 3.63) is 51.6 Å². The van der Waals surface area contributed by atoms with Gasteiger partial charge in [-0.2, -0.15) is 18.3 Å². The third-order valence-electron chi connectivity index (χ3n) is 7.99. The van der Waals surface area contributed by atoms with Crippen molar-refractivity contribution in [1.82, 2.24) is 19.6 Å². The van der Waals surface area contributed by atoms with E-state index >= 15 is 0 Å². The van der Waals surface area contributed by atoms with E-state index in [-0.39, 0.29) is 84.3 Å². The number of carbonyl (C=O) groups excluding carboxylic acids is 2. The summed E-state index contributed by atoms with van der Waals surface area (Å²) in [6, 6.07) is 4.03. The molecule has 2 amide bonds. The number of nitrogens with zero attached hydrogens (tertiary/aromatic N) is 4. The lowest BCUT2D eigenvalue weighted by Crippen LogP contribution is -2.49. The normalized spacial score (nSPS) is 22.9. The maximum atomic E-state index is 14.5. The fourth-order valence-corrected chi connectivity index (χ4v) is 6.47. The zero-order valence-corrected chi connectivity index (χ0v) is 23.5. The third-order valence-corrected chi connectivity index (χ3v) is 8.23. The average molecular weight is 585 g/mol. The molecular weight excluding hydrogens is 552 g/mol. The number of piperidine rings is 1. The van der Waals surface area contributed by atoms with Gasteiger partial charge in [0.2, 0.25) is 5.91 Å². The third kappa shape index (κ3) is 5.94. The maximum Gasteiger partial charge on any atom is 0.435 e. The highest BCUT2D eigenvalue weighted by Gasteiger charge is 2.46. The molecule has 4 heterocycles. The van der Waals surface area contributed by atoms with E-state index in [0.717, 1.165) is 23.6 Å². The molecule has 12 heteroatoms. The molecule has 1 aromatic heterocycles. The van der Waals surface area contributed by atoms with E-state index in [1.807, 2.05) is 25.7 Å². The Morgan fingerprint density at radius 3 is 2.40 bits per heavy atom. The minimum atomic E-state index is -4.67. The molecule has 2 unspecified atom stereocenters. The van der Waals surface area contributed by atoms with E-state index in [4.69, 9.17) is 16.3 Å². The first-order chi connectivity index (χ1) is 18.7. The molecule has 0 saturated carbocycles. The number of halogens is 5. The Balaban J connectivity index is 1.29. The summed E-state index contributed by atoms with van der Waals surface area (Å²) < 4.78 is 62.6. The molecular formula is C28H33ClF4N4O3. The lowest BCUT2D eigenvalue weighted by Gasteiger charge is -2.40.